The van der Waals surface area contributed by atoms with E-state index in [1.165, 1.54) is 72.1 Å². The lowest BCUT2D eigenvalue weighted by atomic mass is 10.2. The highest BCUT2D eigenvalue weighted by Gasteiger charge is 2.50. The molecule has 0 radical (unpaired) electrons. The Balaban J connectivity index is 1.22. The molecule has 15 heteroatoms. The fourth-order valence-electron chi connectivity index (χ4n) is 3.63. The van der Waals surface area contributed by atoms with Crippen molar-refractivity contribution in [1.29, 1.82) is 0 Å². The molecule has 0 aliphatic carbocycles. The van der Waals surface area contributed by atoms with Crippen LogP contribution in [0.3, 0.4) is 0 Å². The molecule has 1 fully saturated rings. The van der Waals surface area contributed by atoms with E-state index in [0.717, 1.165) is 0 Å². The number of hydrogen-bond acceptors (Lipinski definition) is 11. The van der Waals surface area contributed by atoms with Gasteiger partial charge >= 0.3 is 12.1 Å². The number of aliphatic hydroxyl groups excluding tert-OH is 1. The number of nitrogens with one attached hydrogen (secondary N) is 2. The second-order valence-electron chi connectivity index (χ2n) is 8.49. The molecule has 0 aromatic heterocycles. The third-order valence-electron chi connectivity index (χ3n) is 5.58. The van der Waals surface area contributed by atoms with Crippen molar-refractivity contribution >= 4 is 41.3 Å². The van der Waals surface area contributed by atoms with E-state index in [9.17, 15) is 34.4 Å². The number of fused-ring (bicyclic) bond motifs is 1. The number of ether oxygens (including phenoxy) is 3. The van der Waals surface area contributed by atoms with Gasteiger partial charge < -0.3 is 30.0 Å². The van der Waals surface area contributed by atoms with E-state index in [4.69, 9.17) is 14.2 Å². The Morgan fingerprint density at radius 2 is 1.80 bits per heavy atom. The van der Waals surface area contributed by atoms with Crippen LogP contribution < -0.4 is 15.4 Å². The number of aliphatic hydroxyl groups is 1. The topological polar surface area (TPSA) is 187 Å². The number of β-lactam (4-membered cyclic amide) rings is 1. The van der Waals surface area contributed by atoms with Crippen molar-refractivity contribution in [3.8, 4) is 5.75 Å². The third kappa shape index (κ3) is 6.86. The maximum atomic E-state index is 12.4. The van der Waals surface area contributed by atoms with Gasteiger partial charge in [0.2, 0.25) is 5.91 Å². The van der Waals surface area contributed by atoms with Crippen LogP contribution in [0.2, 0.25) is 0 Å². The summed E-state index contributed by atoms with van der Waals surface area (Å²) in [5.74, 6) is -1.23. The number of alkyl carbamates (subject to hydrolysis) is 1. The lowest BCUT2D eigenvalue weighted by Gasteiger charge is -2.33. The first-order valence-corrected chi connectivity index (χ1v) is 12.8. The zero-order valence-corrected chi connectivity index (χ0v) is 21.8. The van der Waals surface area contributed by atoms with Gasteiger partial charge in [-0.2, -0.15) is 0 Å². The molecule has 1 saturated heterocycles. The van der Waals surface area contributed by atoms with Gasteiger partial charge in [0, 0.05) is 30.8 Å². The summed E-state index contributed by atoms with van der Waals surface area (Å²) >= 11 is 1.18. The minimum atomic E-state index is -1.36. The standard InChI is InChI=1S/C25H24N4O10S/c1-14(30)38-23(33)21-24(40-20-12-19(31)28(20)21)39-18-8-4-16(5-9-18)22(32)26-10-11-27-25(34)37-13-15-2-6-17(7-3-15)29(35)36/h2-9,14,20,30H,10-13H2,1H3,(H,26,32)(H,27,34)/t14-,20-/m1/s1. The molecule has 0 bridgehead atoms. The van der Waals surface area contributed by atoms with E-state index in [2.05, 4.69) is 10.6 Å². The highest BCUT2D eigenvalue weighted by Crippen LogP contribution is 2.47. The zero-order chi connectivity index (χ0) is 28.8. The minimum absolute atomic E-state index is 0.0661. The fourth-order valence-corrected chi connectivity index (χ4v) is 4.87. The number of benzene rings is 2. The van der Waals surface area contributed by atoms with Crippen molar-refractivity contribution in [2.75, 3.05) is 13.1 Å². The molecule has 3 N–H and O–H groups in total. The number of amides is 3. The summed E-state index contributed by atoms with van der Waals surface area (Å²) in [6.45, 7) is 1.41. The lowest BCUT2D eigenvalue weighted by molar-refractivity contribution is -0.384. The van der Waals surface area contributed by atoms with Gasteiger partial charge in [-0.15, -0.1) is 0 Å². The normalized spacial score (nSPS) is 16.4. The van der Waals surface area contributed by atoms with Crippen LogP contribution in [0.25, 0.3) is 0 Å². The molecule has 210 valence electrons. The third-order valence-corrected chi connectivity index (χ3v) is 6.72. The minimum Gasteiger partial charge on any atom is -0.448 e. The summed E-state index contributed by atoms with van der Waals surface area (Å²) in [5.41, 5.74) is 0.753. The predicted octanol–water partition coefficient (Wildman–Crippen LogP) is 1.99. The van der Waals surface area contributed by atoms with Crippen LogP contribution >= 0.6 is 11.8 Å². The van der Waals surface area contributed by atoms with Gasteiger partial charge in [-0.3, -0.25) is 24.6 Å². The Kier molecular flexibility index (Phi) is 8.86. The summed E-state index contributed by atoms with van der Waals surface area (Å²) in [6, 6.07) is 11.6. The van der Waals surface area contributed by atoms with Crippen LogP contribution in [0.15, 0.2) is 59.3 Å². The number of carbonyl (C=O) groups excluding carboxylic acids is 4. The van der Waals surface area contributed by atoms with E-state index in [0.29, 0.717) is 16.9 Å². The number of esters is 1. The monoisotopic (exact) mass is 572 g/mol. The summed E-state index contributed by atoms with van der Waals surface area (Å²) in [7, 11) is 0. The van der Waals surface area contributed by atoms with E-state index in [1.807, 2.05) is 0 Å². The Morgan fingerprint density at radius 1 is 1.12 bits per heavy atom. The van der Waals surface area contributed by atoms with Crippen molar-refractivity contribution < 1.29 is 43.4 Å². The van der Waals surface area contributed by atoms with Gasteiger partial charge in [0.15, 0.2) is 17.1 Å². The molecule has 2 aromatic carbocycles. The molecule has 2 heterocycles. The molecule has 3 amide bonds. The maximum Gasteiger partial charge on any atom is 0.407 e. The molecule has 0 unspecified atom stereocenters. The summed E-state index contributed by atoms with van der Waals surface area (Å²) in [4.78, 5) is 60.0. The molecule has 2 aliphatic heterocycles. The largest absolute Gasteiger partial charge is 0.448 e. The number of hydrogen-bond donors (Lipinski definition) is 3. The number of thioether (sulfide) groups is 1. The van der Waals surface area contributed by atoms with E-state index < -0.39 is 29.2 Å². The molecule has 40 heavy (non-hydrogen) atoms. The number of rotatable bonds is 11. The highest BCUT2D eigenvalue weighted by atomic mass is 32.2. The van der Waals surface area contributed by atoms with Crippen molar-refractivity contribution in [2.24, 2.45) is 0 Å². The SMILES string of the molecule is C[C@H](O)OC(=O)C1=C(Oc2ccc(C(=O)NCCNC(=O)OCc3ccc([N+](=O)[O-])cc3)cc2)S[C@@H]2CC(=O)N12. The summed E-state index contributed by atoms with van der Waals surface area (Å²) < 4.78 is 15.7. The van der Waals surface area contributed by atoms with Crippen LogP contribution in [-0.4, -0.2) is 63.6 Å². The molecule has 14 nitrogen and oxygen atoms in total. The molecular formula is C25H24N4O10S. The number of nitrogens with zero attached hydrogens (tertiary/aromatic N) is 2. The summed E-state index contributed by atoms with van der Waals surface area (Å²) in [5, 5.41) is 25.1. The Morgan fingerprint density at radius 3 is 2.42 bits per heavy atom. The smallest absolute Gasteiger partial charge is 0.407 e. The molecule has 0 spiro atoms. The van der Waals surface area contributed by atoms with Crippen molar-refractivity contribution in [3.63, 3.8) is 0 Å². The van der Waals surface area contributed by atoms with Crippen molar-refractivity contribution in [1.82, 2.24) is 15.5 Å². The van der Waals surface area contributed by atoms with Crippen LogP contribution in [0, 0.1) is 10.1 Å². The first-order chi connectivity index (χ1) is 19.1. The van der Waals surface area contributed by atoms with E-state index >= 15 is 0 Å². The van der Waals surface area contributed by atoms with Gasteiger partial charge in [-0.25, -0.2) is 9.59 Å². The summed E-state index contributed by atoms with van der Waals surface area (Å²) in [6.07, 6.45) is -1.83. The average molecular weight is 573 g/mol. The van der Waals surface area contributed by atoms with Gasteiger partial charge in [-0.1, -0.05) is 11.8 Å². The number of non-ortho nitro benzene ring substituents is 1. The zero-order valence-electron chi connectivity index (χ0n) is 21.0. The number of carbonyl (C=O) groups is 4. The van der Waals surface area contributed by atoms with Crippen LogP contribution in [0.4, 0.5) is 10.5 Å². The van der Waals surface area contributed by atoms with Gasteiger partial charge in [0.25, 0.3) is 11.6 Å². The molecule has 4 rings (SSSR count). The lowest BCUT2D eigenvalue weighted by Crippen LogP contribution is -2.48. The van der Waals surface area contributed by atoms with Gasteiger partial charge in [0.1, 0.15) is 12.4 Å². The first-order valence-electron chi connectivity index (χ1n) is 11.9. The van der Waals surface area contributed by atoms with Crippen LogP contribution in [0.1, 0.15) is 29.3 Å². The van der Waals surface area contributed by atoms with Gasteiger partial charge in [0.05, 0.1) is 16.7 Å². The average Bonchev–Trinajstić information content (AvgIpc) is 3.21. The molecule has 2 atom stereocenters. The Hall–Kier alpha value is -4.63. The van der Waals surface area contributed by atoms with E-state index in [-0.39, 0.29) is 53.9 Å². The Bertz CT molecular complexity index is 1340. The number of nitro benzene ring substituents is 1. The van der Waals surface area contributed by atoms with Crippen LogP contribution in [0.5, 0.6) is 5.75 Å². The van der Waals surface area contributed by atoms with Crippen molar-refractivity contribution in [2.45, 2.75) is 31.6 Å². The van der Waals surface area contributed by atoms with E-state index in [1.54, 1.807) is 0 Å². The molecule has 0 saturated carbocycles. The number of nitro groups is 1. The second-order valence-corrected chi connectivity index (χ2v) is 9.64. The second kappa shape index (κ2) is 12.5. The highest BCUT2D eigenvalue weighted by molar-refractivity contribution is 8.03. The van der Waals surface area contributed by atoms with Crippen LogP contribution in [-0.2, 0) is 25.7 Å². The Labute approximate surface area is 231 Å². The molecule has 2 aliphatic rings. The fraction of sp³-hybridized carbons (Fsp3) is 0.280. The molecule has 2 aromatic rings. The first kappa shape index (κ1) is 28.4. The van der Waals surface area contributed by atoms with Crippen molar-refractivity contribution in [3.05, 3.63) is 80.6 Å². The van der Waals surface area contributed by atoms with Gasteiger partial charge in [-0.05, 0) is 48.9 Å². The quantitative estimate of drug-likeness (QED) is 0.0892. The predicted molar refractivity (Wildman–Crippen MR) is 138 cm³/mol. The maximum absolute atomic E-state index is 12.4. The molecular weight excluding hydrogens is 548 g/mol.